The Bertz CT molecular complexity index is 632. The van der Waals surface area contributed by atoms with Crippen LogP contribution in [0.1, 0.15) is 31.9 Å². The fourth-order valence-corrected chi connectivity index (χ4v) is 3.05. The van der Waals surface area contributed by atoms with Crippen molar-refractivity contribution in [3.8, 4) is 5.75 Å². The van der Waals surface area contributed by atoms with Gasteiger partial charge in [-0.05, 0) is 24.0 Å². The first-order chi connectivity index (χ1) is 11.7. The highest BCUT2D eigenvalue weighted by Gasteiger charge is 2.25. The van der Waals surface area contributed by atoms with Gasteiger partial charge in [-0.3, -0.25) is 9.59 Å². The minimum Gasteiger partial charge on any atom is -0.483 e. The van der Waals surface area contributed by atoms with E-state index in [-0.39, 0.29) is 29.7 Å². The third-order valence-electron chi connectivity index (χ3n) is 4.39. The summed E-state index contributed by atoms with van der Waals surface area (Å²) in [7, 11) is 0. The van der Waals surface area contributed by atoms with Crippen molar-refractivity contribution in [1.82, 2.24) is 9.80 Å². The van der Waals surface area contributed by atoms with E-state index >= 15 is 0 Å². The van der Waals surface area contributed by atoms with Crippen LogP contribution in [-0.2, 0) is 15.0 Å². The molecule has 6 heteroatoms. The van der Waals surface area contributed by atoms with Crippen LogP contribution in [0, 0.1) is 6.92 Å². The van der Waals surface area contributed by atoms with Gasteiger partial charge in [0.15, 0.2) is 6.61 Å². The van der Waals surface area contributed by atoms with Crippen LogP contribution in [-0.4, -0.2) is 60.3 Å². The van der Waals surface area contributed by atoms with E-state index in [9.17, 15) is 9.59 Å². The van der Waals surface area contributed by atoms with Crippen LogP contribution in [0.15, 0.2) is 18.2 Å². The van der Waals surface area contributed by atoms with E-state index in [4.69, 9.17) is 16.3 Å². The van der Waals surface area contributed by atoms with E-state index in [0.717, 1.165) is 11.3 Å². The number of ether oxygens (including phenoxy) is 1. The molecule has 0 unspecified atom stereocenters. The summed E-state index contributed by atoms with van der Waals surface area (Å²) in [4.78, 5) is 27.4. The lowest BCUT2D eigenvalue weighted by molar-refractivity contribution is -0.139. The number of hydrogen-bond donors (Lipinski definition) is 0. The fourth-order valence-electron chi connectivity index (χ4n) is 2.88. The van der Waals surface area contributed by atoms with Gasteiger partial charge in [0.1, 0.15) is 11.6 Å². The van der Waals surface area contributed by atoms with Gasteiger partial charge in [-0.2, -0.15) is 0 Å². The molecule has 2 rings (SSSR count). The van der Waals surface area contributed by atoms with E-state index in [2.05, 4.69) is 26.8 Å². The molecule has 1 aromatic carbocycles. The lowest BCUT2D eigenvalue weighted by atomic mass is 9.85. The van der Waals surface area contributed by atoms with E-state index in [0.29, 0.717) is 26.2 Å². The van der Waals surface area contributed by atoms with Crippen LogP contribution >= 0.6 is 11.6 Å². The van der Waals surface area contributed by atoms with Gasteiger partial charge in [0.2, 0.25) is 5.91 Å². The molecule has 0 saturated carbocycles. The minimum atomic E-state index is -0.0838. The zero-order chi connectivity index (χ0) is 18.6. The van der Waals surface area contributed by atoms with Crippen LogP contribution < -0.4 is 4.74 Å². The maximum absolute atomic E-state index is 12.4. The number of nitrogens with zero attached hydrogens (tertiary/aromatic N) is 2. The normalized spacial score (nSPS) is 15.2. The third kappa shape index (κ3) is 5.11. The van der Waals surface area contributed by atoms with Crippen LogP contribution in [0.25, 0.3) is 0 Å². The maximum Gasteiger partial charge on any atom is 0.260 e. The number of halogens is 1. The lowest BCUT2D eigenvalue weighted by Crippen LogP contribution is -2.52. The maximum atomic E-state index is 12.4. The Labute approximate surface area is 154 Å². The molecule has 2 amide bonds. The predicted molar refractivity (Wildman–Crippen MR) is 99.3 cm³/mol. The van der Waals surface area contributed by atoms with Crippen molar-refractivity contribution in [2.24, 2.45) is 0 Å². The summed E-state index contributed by atoms with van der Waals surface area (Å²) in [6.45, 7) is 10.5. The highest BCUT2D eigenvalue weighted by atomic mass is 35.5. The highest BCUT2D eigenvalue weighted by molar-refractivity contribution is 6.27. The Balaban J connectivity index is 1.94. The molecule has 138 valence electrons. The quantitative estimate of drug-likeness (QED) is 0.769. The van der Waals surface area contributed by atoms with Gasteiger partial charge in [0.25, 0.3) is 5.91 Å². The molecule has 1 heterocycles. The van der Waals surface area contributed by atoms with Crippen molar-refractivity contribution in [3.05, 3.63) is 29.3 Å². The molecule has 0 radical (unpaired) electrons. The molecule has 0 spiro atoms. The summed E-state index contributed by atoms with van der Waals surface area (Å²) in [5, 5.41) is 0. The average molecular weight is 367 g/mol. The van der Waals surface area contributed by atoms with Crippen molar-refractivity contribution >= 4 is 23.4 Å². The second kappa shape index (κ2) is 8.09. The monoisotopic (exact) mass is 366 g/mol. The van der Waals surface area contributed by atoms with Gasteiger partial charge in [0.05, 0.1) is 0 Å². The SMILES string of the molecule is Cc1ccc(OCC(=O)N2CCN(C(=O)CCl)CC2)c(C(C)(C)C)c1. The van der Waals surface area contributed by atoms with Crippen molar-refractivity contribution < 1.29 is 14.3 Å². The number of carbonyl (C=O) groups excluding carboxylic acids is 2. The van der Waals surface area contributed by atoms with E-state index in [1.54, 1.807) is 9.80 Å². The molecule has 5 nitrogen and oxygen atoms in total. The topological polar surface area (TPSA) is 49.9 Å². The molecule has 1 fully saturated rings. The zero-order valence-corrected chi connectivity index (χ0v) is 16.2. The molecule has 25 heavy (non-hydrogen) atoms. The van der Waals surface area contributed by atoms with Crippen molar-refractivity contribution in [2.45, 2.75) is 33.1 Å². The Morgan fingerprint density at radius 2 is 1.64 bits per heavy atom. The molecule has 0 aromatic heterocycles. The second-order valence-electron chi connectivity index (χ2n) is 7.43. The lowest BCUT2D eigenvalue weighted by Gasteiger charge is -2.34. The first-order valence-corrected chi connectivity index (χ1v) is 9.11. The summed E-state index contributed by atoms with van der Waals surface area (Å²) in [6, 6.07) is 6.03. The van der Waals surface area contributed by atoms with Gasteiger partial charge >= 0.3 is 0 Å². The molecule has 1 saturated heterocycles. The van der Waals surface area contributed by atoms with Crippen molar-refractivity contribution in [2.75, 3.05) is 38.7 Å². The first kappa shape index (κ1) is 19.6. The van der Waals surface area contributed by atoms with Crippen LogP contribution in [0.2, 0.25) is 0 Å². The second-order valence-corrected chi connectivity index (χ2v) is 7.70. The summed E-state index contributed by atoms with van der Waals surface area (Å²) in [6.07, 6.45) is 0. The molecule has 0 aliphatic carbocycles. The minimum absolute atomic E-state index is 0.00952. The number of hydrogen-bond acceptors (Lipinski definition) is 3. The van der Waals surface area contributed by atoms with Gasteiger partial charge in [-0.15, -0.1) is 11.6 Å². The molecule has 0 bridgehead atoms. The molecule has 0 atom stereocenters. The summed E-state index contributed by atoms with van der Waals surface area (Å²) in [5.41, 5.74) is 2.21. The molecule has 1 aromatic rings. The van der Waals surface area contributed by atoms with Gasteiger partial charge in [-0.25, -0.2) is 0 Å². The van der Waals surface area contributed by atoms with Crippen molar-refractivity contribution in [3.63, 3.8) is 0 Å². The Morgan fingerprint density at radius 1 is 1.08 bits per heavy atom. The third-order valence-corrected chi connectivity index (χ3v) is 4.62. The molecule has 0 N–H and O–H groups in total. The number of amides is 2. The Morgan fingerprint density at radius 3 is 2.16 bits per heavy atom. The van der Waals surface area contributed by atoms with Gasteiger partial charge in [0, 0.05) is 26.2 Å². The van der Waals surface area contributed by atoms with E-state index in [1.165, 1.54) is 5.56 Å². The number of rotatable bonds is 4. The fraction of sp³-hybridized carbons (Fsp3) is 0.579. The molecular weight excluding hydrogens is 340 g/mol. The first-order valence-electron chi connectivity index (χ1n) is 8.58. The summed E-state index contributed by atoms with van der Waals surface area (Å²) in [5.74, 6) is 0.598. The average Bonchev–Trinajstić information content (AvgIpc) is 2.59. The Hall–Kier alpha value is -1.75. The van der Waals surface area contributed by atoms with Gasteiger partial charge in [-0.1, -0.05) is 38.5 Å². The molecule has 1 aliphatic heterocycles. The smallest absolute Gasteiger partial charge is 0.260 e. The van der Waals surface area contributed by atoms with Crippen LogP contribution in [0.4, 0.5) is 0 Å². The van der Waals surface area contributed by atoms with Crippen LogP contribution in [0.5, 0.6) is 5.75 Å². The van der Waals surface area contributed by atoms with Crippen molar-refractivity contribution in [1.29, 1.82) is 0 Å². The number of carbonyl (C=O) groups is 2. The van der Waals surface area contributed by atoms with Gasteiger partial charge < -0.3 is 14.5 Å². The largest absolute Gasteiger partial charge is 0.483 e. The van der Waals surface area contributed by atoms with Crippen LogP contribution in [0.3, 0.4) is 0 Å². The zero-order valence-electron chi connectivity index (χ0n) is 15.5. The van der Waals surface area contributed by atoms with E-state index in [1.807, 2.05) is 19.1 Å². The highest BCUT2D eigenvalue weighted by Crippen LogP contribution is 2.32. The number of alkyl halides is 1. The summed E-state index contributed by atoms with van der Waals surface area (Å²) >= 11 is 5.57. The predicted octanol–water partition coefficient (Wildman–Crippen LogP) is 2.58. The molecule has 1 aliphatic rings. The number of benzene rings is 1. The molecular formula is C19H27ClN2O3. The standard InChI is InChI=1S/C19H27ClN2O3/c1-14-5-6-16(15(11-14)19(2,3)4)25-13-18(24)22-9-7-21(8-10-22)17(23)12-20/h5-6,11H,7-10,12-13H2,1-4H3. The number of piperazine rings is 1. The number of aryl methyl sites for hydroxylation is 1. The Kier molecular flexibility index (Phi) is 6.33. The summed E-state index contributed by atoms with van der Waals surface area (Å²) < 4.78 is 5.84. The van der Waals surface area contributed by atoms with E-state index < -0.39 is 0 Å².